The summed E-state index contributed by atoms with van der Waals surface area (Å²) in [5, 5.41) is 24.6. The Kier molecular flexibility index (Phi) is 5.54. The summed E-state index contributed by atoms with van der Waals surface area (Å²) in [6.07, 6.45) is 2.56. The fourth-order valence-electron chi connectivity index (χ4n) is 5.08. The van der Waals surface area contributed by atoms with Crippen LogP contribution in [0, 0.1) is 6.92 Å². The number of likely N-dealkylation sites (tertiary alicyclic amines) is 1. The van der Waals surface area contributed by atoms with Crippen molar-refractivity contribution in [2.45, 2.75) is 58.9 Å². The molecule has 1 saturated heterocycles. The second-order valence-electron chi connectivity index (χ2n) is 9.31. The van der Waals surface area contributed by atoms with E-state index < -0.39 is 28.5 Å². The molecular weight excluding hydrogens is 440 g/mol. The van der Waals surface area contributed by atoms with Gasteiger partial charge in [0.15, 0.2) is 17.3 Å². The molecule has 1 aromatic rings. The molecule has 9 heteroatoms. The van der Waals surface area contributed by atoms with Crippen molar-refractivity contribution in [3.05, 3.63) is 39.8 Å². The molecule has 4 rings (SSSR count). The smallest absolute Gasteiger partial charge is 0.219 e. The van der Waals surface area contributed by atoms with Gasteiger partial charge in [-0.1, -0.05) is 0 Å². The van der Waals surface area contributed by atoms with Gasteiger partial charge in [0, 0.05) is 43.4 Å². The van der Waals surface area contributed by atoms with Crippen LogP contribution in [0.1, 0.15) is 62.0 Å². The number of benzene rings is 1. The number of nitrogens with zero attached hydrogens (tertiary/aromatic N) is 1. The molecule has 3 N–H and O–H groups in total. The Balaban J connectivity index is 1.76. The fraction of sp³-hybridized carbons (Fsp3) is 0.440. The minimum atomic E-state index is -1.54. The third-order valence-corrected chi connectivity index (χ3v) is 7.12. The van der Waals surface area contributed by atoms with E-state index in [9.17, 15) is 29.4 Å². The number of hydrogen-bond donors (Lipinski definition) is 3. The zero-order valence-electron chi connectivity index (χ0n) is 19.9. The molecule has 2 aliphatic heterocycles. The predicted molar refractivity (Wildman–Crippen MR) is 122 cm³/mol. The van der Waals surface area contributed by atoms with Crippen molar-refractivity contribution >= 4 is 23.3 Å². The molecule has 1 aromatic carbocycles. The highest BCUT2D eigenvalue weighted by Crippen LogP contribution is 2.57. The van der Waals surface area contributed by atoms with Crippen LogP contribution in [0.4, 0.5) is 0 Å². The van der Waals surface area contributed by atoms with Crippen molar-refractivity contribution in [1.29, 1.82) is 0 Å². The van der Waals surface area contributed by atoms with Crippen LogP contribution in [0.25, 0.3) is 0 Å². The molecule has 9 nitrogen and oxygen atoms in total. The molecular formula is C25H28N2O7. The lowest BCUT2D eigenvalue weighted by Gasteiger charge is -2.33. The Morgan fingerprint density at radius 3 is 2.29 bits per heavy atom. The maximum Gasteiger partial charge on any atom is 0.219 e. The number of hydrogen-bond acceptors (Lipinski definition) is 8. The molecule has 1 fully saturated rings. The molecule has 0 aromatic heterocycles. The van der Waals surface area contributed by atoms with Crippen molar-refractivity contribution in [3.63, 3.8) is 0 Å². The topological polar surface area (TPSA) is 133 Å². The Bertz CT molecular complexity index is 1220. The number of piperidine rings is 1. The summed E-state index contributed by atoms with van der Waals surface area (Å²) in [5.41, 5.74) is -1.20. The number of allylic oxidation sites excluding steroid dienone is 4. The summed E-state index contributed by atoms with van der Waals surface area (Å²) in [4.78, 5) is 52.4. The van der Waals surface area contributed by atoms with Gasteiger partial charge in [-0.2, -0.15) is 0 Å². The number of carbonyl (C=O) groups is 4. The van der Waals surface area contributed by atoms with Crippen LogP contribution in [0.3, 0.4) is 0 Å². The van der Waals surface area contributed by atoms with E-state index in [2.05, 4.69) is 5.32 Å². The molecule has 1 amide bonds. The van der Waals surface area contributed by atoms with Crippen molar-refractivity contribution in [1.82, 2.24) is 10.2 Å². The highest BCUT2D eigenvalue weighted by Gasteiger charge is 2.56. The first-order valence-corrected chi connectivity index (χ1v) is 11.2. The largest absolute Gasteiger partial charge is 0.507 e. The van der Waals surface area contributed by atoms with Crippen LogP contribution in [-0.2, 0) is 19.8 Å². The first kappa shape index (κ1) is 23.5. The summed E-state index contributed by atoms with van der Waals surface area (Å²) in [6, 6.07) is -0.00842. The third kappa shape index (κ3) is 3.29. The number of rotatable bonds is 3. The number of fused-ring (bicyclic) bond motifs is 3. The average Bonchev–Trinajstić information content (AvgIpc) is 3.05. The van der Waals surface area contributed by atoms with E-state index in [1.165, 1.54) is 33.8 Å². The molecule has 0 radical (unpaired) electrons. The highest BCUT2D eigenvalue weighted by molar-refractivity contribution is 6.31. The number of phenols is 2. The van der Waals surface area contributed by atoms with Crippen LogP contribution in [0.2, 0.25) is 0 Å². The van der Waals surface area contributed by atoms with Gasteiger partial charge in [-0.05, 0) is 40.5 Å². The van der Waals surface area contributed by atoms with Gasteiger partial charge in [0.25, 0.3) is 0 Å². The number of aromatic hydroxyl groups is 2. The standard InChI is InChI=1S/C25H28N2O7/c1-11-21(31)19(13(3)28)23-20(22(11)32)25(5)17(34-23)10-16(30)18(24(25)33)12(2)26-15-6-8-27(9-7-15)14(4)29/h10,15,26,31-32H,6-9H2,1-5H3. The van der Waals surface area contributed by atoms with E-state index in [-0.39, 0.29) is 51.5 Å². The van der Waals surface area contributed by atoms with Gasteiger partial charge in [-0.25, -0.2) is 0 Å². The summed E-state index contributed by atoms with van der Waals surface area (Å²) >= 11 is 0. The summed E-state index contributed by atoms with van der Waals surface area (Å²) in [6.45, 7) is 8.59. The summed E-state index contributed by atoms with van der Waals surface area (Å²) < 4.78 is 5.77. The molecule has 1 aliphatic carbocycles. The maximum atomic E-state index is 13.8. The number of nitrogens with one attached hydrogen (secondary N) is 1. The van der Waals surface area contributed by atoms with Gasteiger partial charge in [0.1, 0.15) is 34.0 Å². The lowest BCUT2D eigenvalue weighted by atomic mass is 9.70. The first-order valence-electron chi connectivity index (χ1n) is 11.2. The highest BCUT2D eigenvalue weighted by atomic mass is 16.5. The van der Waals surface area contributed by atoms with Gasteiger partial charge in [-0.15, -0.1) is 0 Å². The third-order valence-electron chi connectivity index (χ3n) is 7.12. The Labute approximate surface area is 197 Å². The van der Waals surface area contributed by atoms with Crippen LogP contribution < -0.4 is 10.1 Å². The predicted octanol–water partition coefficient (Wildman–Crippen LogP) is 2.17. The SMILES string of the molecule is CC(=O)c1c(O)c(C)c(O)c2c1OC1=CC(=O)C(=C(C)NC3CCN(C(C)=O)CC3)C(=O)C12C. The number of phenolic OH excluding ortho intramolecular Hbond substituents is 2. The van der Waals surface area contributed by atoms with Crippen molar-refractivity contribution in [2.24, 2.45) is 0 Å². The van der Waals surface area contributed by atoms with Gasteiger partial charge >= 0.3 is 0 Å². The zero-order chi connectivity index (χ0) is 25.1. The van der Waals surface area contributed by atoms with Crippen LogP contribution in [0.15, 0.2) is 23.1 Å². The summed E-state index contributed by atoms with van der Waals surface area (Å²) in [5.74, 6) is -2.45. The van der Waals surface area contributed by atoms with Crippen LogP contribution in [-0.4, -0.2) is 57.5 Å². The lowest BCUT2D eigenvalue weighted by molar-refractivity contribution is -0.130. The van der Waals surface area contributed by atoms with Crippen LogP contribution >= 0.6 is 0 Å². The normalized spacial score (nSPS) is 23.7. The van der Waals surface area contributed by atoms with Gasteiger partial charge in [0.05, 0.1) is 11.1 Å². The molecule has 0 saturated carbocycles. The lowest BCUT2D eigenvalue weighted by Crippen LogP contribution is -2.45. The van der Waals surface area contributed by atoms with E-state index in [4.69, 9.17) is 4.74 Å². The first-order chi connectivity index (χ1) is 15.9. The van der Waals surface area contributed by atoms with Crippen LogP contribution in [0.5, 0.6) is 17.2 Å². The fourth-order valence-corrected chi connectivity index (χ4v) is 5.08. The second kappa shape index (κ2) is 8.00. The van der Waals surface area contributed by atoms with Crippen molar-refractivity contribution < 1.29 is 34.1 Å². The number of carbonyl (C=O) groups excluding carboxylic acids is 4. The Morgan fingerprint density at radius 2 is 1.74 bits per heavy atom. The van der Waals surface area contributed by atoms with E-state index >= 15 is 0 Å². The van der Waals surface area contributed by atoms with Crippen molar-refractivity contribution in [2.75, 3.05) is 13.1 Å². The number of Topliss-reactive ketones (excluding diaryl/α,β-unsaturated/α-hetero) is 2. The molecule has 34 heavy (non-hydrogen) atoms. The molecule has 0 bridgehead atoms. The monoisotopic (exact) mass is 468 g/mol. The van der Waals surface area contributed by atoms with E-state index in [0.717, 1.165) is 0 Å². The van der Waals surface area contributed by atoms with E-state index in [1.54, 1.807) is 11.8 Å². The molecule has 0 spiro atoms. The molecule has 3 aliphatic rings. The van der Waals surface area contributed by atoms with E-state index in [1.807, 2.05) is 0 Å². The molecule has 1 atom stereocenters. The second-order valence-corrected chi connectivity index (χ2v) is 9.31. The van der Waals surface area contributed by atoms with Gasteiger partial charge in [0.2, 0.25) is 5.91 Å². The number of amides is 1. The number of ether oxygens (including phenoxy) is 1. The Hall–Kier alpha value is -3.62. The van der Waals surface area contributed by atoms with Gasteiger partial charge < -0.3 is 25.2 Å². The minimum absolute atomic E-state index is 0.00613. The Morgan fingerprint density at radius 1 is 1.12 bits per heavy atom. The minimum Gasteiger partial charge on any atom is -0.507 e. The number of ketones is 3. The van der Waals surface area contributed by atoms with Gasteiger partial charge in [-0.3, -0.25) is 19.2 Å². The quantitative estimate of drug-likeness (QED) is 0.349. The molecule has 1 unspecified atom stereocenters. The average molecular weight is 469 g/mol. The molecule has 180 valence electrons. The zero-order valence-corrected chi connectivity index (χ0v) is 19.9. The summed E-state index contributed by atoms with van der Waals surface area (Å²) in [7, 11) is 0. The maximum absolute atomic E-state index is 13.8. The van der Waals surface area contributed by atoms with E-state index in [0.29, 0.717) is 31.6 Å². The van der Waals surface area contributed by atoms with Crippen molar-refractivity contribution in [3.8, 4) is 17.2 Å². The molecule has 2 heterocycles.